The quantitative estimate of drug-likeness (QED) is 0.405. The molecule has 2 fully saturated rings. The number of nitrogens with zero attached hydrogens (tertiary/aromatic N) is 1. The van der Waals surface area contributed by atoms with Crippen molar-refractivity contribution in [1.29, 1.82) is 0 Å². The molecule has 0 saturated carbocycles. The fourth-order valence-electron chi connectivity index (χ4n) is 3.98. The first kappa shape index (κ1) is 25.2. The number of amides is 2. The number of nitrogens with one attached hydrogen (secondary N) is 1. The van der Waals surface area contributed by atoms with E-state index in [1.54, 1.807) is 23.1 Å². The van der Waals surface area contributed by atoms with E-state index in [-0.39, 0.29) is 24.5 Å². The zero-order chi connectivity index (χ0) is 24.9. The zero-order valence-electron chi connectivity index (χ0n) is 20.0. The summed E-state index contributed by atoms with van der Waals surface area (Å²) < 4.78 is 17.4. The van der Waals surface area contributed by atoms with E-state index >= 15 is 0 Å². The van der Waals surface area contributed by atoms with E-state index < -0.39 is 0 Å². The van der Waals surface area contributed by atoms with Crippen molar-refractivity contribution in [2.75, 3.05) is 32.2 Å². The van der Waals surface area contributed by atoms with Crippen molar-refractivity contribution >= 4 is 51.9 Å². The van der Waals surface area contributed by atoms with Gasteiger partial charge in [0.05, 0.1) is 24.7 Å². The summed E-state index contributed by atoms with van der Waals surface area (Å²) in [7, 11) is 1.53. The second kappa shape index (κ2) is 11.2. The van der Waals surface area contributed by atoms with Crippen molar-refractivity contribution in [2.45, 2.75) is 32.8 Å². The fourth-order valence-corrected chi connectivity index (χ4v) is 5.25. The molecule has 4 rings (SSSR count). The number of anilines is 1. The fraction of sp³-hybridized carbons (Fsp3) is 0.346. The third-order valence-electron chi connectivity index (χ3n) is 5.78. The number of carbonyl (C=O) groups is 2. The number of carbonyl (C=O) groups excluding carboxylic acids is 2. The van der Waals surface area contributed by atoms with Crippen molar-refractivity contribution in [3.05, 3.63) is 58.0 Å². The summed E-state index contributed by atoms with van der Waals surface area (Å²) in [6, 6.07) is 11.1. The van der Waals surface area contributed by atoms with Gasteiger partial charge in [-0.1, -0.05) is 47.7 Å². The average molecular weight is 513 g/mol. The molecule has 2 saturated heterocycles. The number of thiocarbonyl (C=S) groups is 1. The van der Waals surface area contributed by atoms with Crippen LogP contribution in [0.2, 0.25) is 0 Å². The molecular formula is C26H28N2O5S2. The van der Waals surface area contributed by atoms with Gasteiger partial charge in [0.2, 0.25) is 0 Å². The van der Waals surface area contributed by atoms with Crippen LogP contribution in [0.4, 0.5) is 5.69 Å². The largest absolute Gasteiger partial charge is 0.493 e. The summed E-state index contributed by atoms with van der Waals surface area (Å²) in [6.07, 6.45) is 3.78. The van der Waals surface area contributed by atoms with E-state index in [1.165, 1.54) is 18.9 Å². The number of thioether (sulfide) groups is 1. The maximum atomic E-state index is 12.9. The third kappa shape index (κ3) is 6.22. The van der Waals surface area contributed by atoms with Gasteiger partial charge in [-0.05, 0) is 62.1 Å². The Morgan fingerprint density at radius 3 is 2.80 bits per heavy atom. The standard InChI is InChI=1S/C26H28N2O5S2/c1-16-6-8-20(17(2)11-16)27-24(29)15-33-21-9-7-18(12-22(21)31-3)13-23-25(30)28(26(34)35-23)14-19-5-4-10-32-19/h6-9,11-13,19H,4-5,10,14-15H2,1-3H3,(H,27,29)/b23-13-/t19-/m1/s1. The number of rotatable bonds is 8. The highest BCUT2D eigenvalue weighted by atomic mass is 32.2. The molecule has 2 aliphatic rings. The summed E-state index contributed by atoms with van der Waals surface area (Å²) in [6.45, 7) is 5.01. The van der Waals surface area contributed by atoms with Crippen molar-refractivity contribution < 1.29 is 23.8 Å². The van der Waals surface area contributed by atoms with Crippen molar-refractivity contribution in [3.8, 4) is 11.5 Å². The minimum Gasteiger partial charge on any atom is -0.493 e. The number of ether oxygens (including phenoxy) is 3. The molecule has 0 aliphatic carbocycles. The van der Waals surface area contributed by atoms with Crippen LogP contribution in [-0.2, 0) is 14.3 Å². The van der Waals surface area contributed by atoms with E-state index in [0.717, 1.165) is 41.8 Å². The van der Waals surface area contributed by atoms with Gasteiger partial charge in [0.1, 0.15) is 4.32 Å². The lowest BCUT2D eigenvalue weighted by Crippen LogP contribution is -2.35. The molecule has 35 heavy (non-hydrogen) atoms. The molecule has 0 radical (unpaired) electrons. The van der Waals surface area contributed by atoms with Crippen molar-refractivity contribution in [1.82, 2.24) is 4.90 Å². The molecule has 0 spiro atoms. The molecule has 7 nitrogen and oxygen atoms in total. The second-order valence-electron chi connectivity index (χ2n) is 8.49. The average Bonchev–Trinajstić information content (AvgIpc) is 3.44. The molecule has 2 amide bonds. The normalized spacial score (nSPS) is 18.9. The highest BCUT2D eigenvalue weighted by Gasteiger charge is 2.34. The van der Waals surface area contributed by atoms with Gasteiger partial charge in [0.15, 0.2) is 18.1 Å². The Labute approximate surface area is 214 Å². The van der Waals surface area contributed by atoms with Crippen LogP contribution >= 0.6 is 24.0 Å². The van der Waals surface area contributed by atoms with Crippen molar-refractivity contribution in [2.24, 2.45) is 0 Å². The molecule has 2 aromatic rings. The Morgan fingerprint density at radius 2 is 2.09 bits per heavy atom. The number of benzene rings is 2. The van der Waals surface area contributed by atoms with E-state index in [9.17, 15) is 9.59 Å². The first-order valence-corrected chi connectivity index (χ1v) is 12.6. The maximum Gasteiger partial charge on any atom is 0.266 e. The van der Waals surface area contributed by atoms with Gasteiger partial charge >= 0.3 is 0 Å². The topological polar surface area (TPSA) is 77.1 Å². The van der Waals surface area contributed by atoms with Crippen LogP contribution in [0.25, 0.3) is 6.08 Å². The molecule has 9 heteroatoms. The first-order chi connectivity index (χ1) is 16.8. The molecule has 1 N–H and O–H groups in total. The lowest BCUT2D eigenvalue weighted by Gasteiger charge is -2.18. The molecule has 0 unspecified atom stereocenters. The number of methoxy groups -OCH3 is 1. The summed E-state index contributed by atoms with van der Waals surface area (Å²) in [5.74, 6) is 0.523. The van der Waals surface area contributed by atoms with Crippen LogP contribution in [0, 0.1) is 13.8 Å². The molecule has 184 valence electrons. The maximum absolute atomic E-state index is 12.9. The Kier molecular flexibility index (Phi) is 8.10. The minimum absolute atomic E-state index is 0.0421. The predicted octanol–water partition coefficient (Wildman–Crippen LogP) is 4.71. The SMILES string of the molecule is COc1cc(/C=C2\SC(=S)N(C[C@H]3CCCO3)C2=O)ccc1OCC(=O)Nc1ccc(C)cc1C. The molecule has 2 heterocycles. The van der Waals surface area contributed by atoms with Crippen LogP contribution in [0.15, 0.2) is 41.3 Å². The van der Waals surface area contributed by atoms with E-state index in [1.807, 2.05) is 38.1 Å². The molecule has 0 aromatic heterocycles. The number of hydrogen-bond donors (Lipinski definition) is 1. The van der Waals surface area contributed by atoms with E-state index in [0.29, 0.717) is 27.3 Å². The molecular weight excluding hydrogens is 484 g/mol. The highest BCUT2D eigenvalue weighted by Crippen LogP contribution is 2.35. The Hall–Kier alpha value is -2.88. The van der Waals surface area contributed by atoms with E-state index in [2.05, 4.69) is 5.32 Å². The molecule has 2 aliphatic heterocycles. The van der Waals surface area contributed by atoms with Gasteiger partial charge in [-0.3, -0.25) is 14.5 Å². The molecule has 1 atom stereocenters. The van der Waals surface area contributed by atoms with Crippen LogP contribution in [0.1, 0.15) is 29.5 Å². The van der Waals surface area contributed by atoms with Gasteiger partial charge in [0, 0.05) is 12.3 Å². The summed E-state index contributed by atoms with van der Waals surface area (Å²) in [4.78, 5) is 27.4. The summed E-state index contributed by atoms with van der Waals surface area (Å²) in [5, 5.41) is 2.86. The predicted molar refractivity (Wildman–Crippen MR) is 142 cm³/mol. The van der Waals surface area contributed by atoms with Gasteiger partial charge in [0.25, 0.3) is 11.8 Å². The second-order valence-corrected chi connectivity index (χ2v) is 10.2. The summed E-state index contributed by atoms with van der Waals surface area (Å²) >= 11 is 6.71. The van der Waals surface area contributed by atoms with Gasteiger partial charge in [-0.2, -0.15) is 0 Å². The van der Waals surface area contributed by atoms with Gasteiger partial charge < -0.3 is 19.5 Å². The third-order valence-corrected chi connectivity index (χ3v) is 7.16. The van der Waals surface area contributed by atoms with Crippen LogP contribution in [-0.4, -0.2) is 54.0 Å². The molecule has 2 aromatic carbocycles. The first-order valence-electron chi connectivity index (χ1n) is 11.4. The van der Waals surface area contributed by atoms with Crippen LogP contribution in [0.3, 0.4) is 0 Å². The molecule has 0 bridgehead atoms. The van der Waals surface area contributed by atoms with Gasteiger partial charge in [-0.25, -0.2) is 0 Å². The summed E-state index contributed by atoms with van der Waals surface area (Å²) in [5.41, 5.74) is 3.64. The lowest BCUT2D eigenvalue weighted by molar-refractivity contribution is -0.123. The monoisotopic (exact) mass is 512 g/mol. The Balaban J connectivity index is 1.39. The van der Waals surface area contributed by atoms with Crippen LogP contribution < -0.4 is 14.8 Å². The van der Waals surface area contributed by atoms with Crippen molar-refractivity contribution in [3.63, 3.8) is 0 Å². The lowest BCUT2D eigenvalue weighted by atomic mass is 10.1. The number of hydrogen-bond acceptors (Lipinski definition) is 7. The highest BCUT2D eigenvalue weighted by molar-refractivity contribution is 8.26. The Bertz CT molecular complexity index is 1170. The van der Waals surface area contributed by atoms with Gasteiger partial charge in [-0.15, -0.1) is 0 Å². The smallest absolute Gasteiger partial charge is 0.266 e. The van der Waals surface area contributed by atoms with E-state index in [4.69, 9.17) is 26.4 Å². The zero-order valence-corrected chi connectivity index (χ0v) is 21.6. The Morgan fingerprint density at radius 1 is 1.26 bits per heavy atom. The number of aryl methyl sites for hydroxylation is 2. The van der Waals surface area contributed by atoms with Crippen LogP contribution in [0.5, 0.6) is 11.5 Å². The minimum atomic E-state index is -0.266.